The molecule has 244 valence electrons. The summed E-state index contributed by atoms with van der Waals surface area (Å²) in [6, 6.07) is 57.1. The molecular weight excluding hydrogens is 631 g/mol. The third-order valence-electron chi connectivity index (χ3n) is 11.4. The van der Waals surface area contributed by atoms with Crippen molar-refractivity contribution in [3.63, 3.8) is 0 Å². The predicted molar refractivity (Wildman–Crippen MR) is 215 cm³/mol. The highest BCUT2D eigenvalue weighted by molar-refractivity contribution is 6.18. The number of hydrogen-bond donors (Lipinski definition) is 0. The van der Waals surface area contributed by atoms with E-state index in [2.05, 4.69) is 176 Å². The van der Waals surface area contributed by atoms with Crippen LogP contribution in [0, 0.1) is 0 Å². The Morgan fingerprint density at radius 1 is 0.481 bits per heavy atom. The molecule has 0 aliphatic heterocycles. The van der Waals surface area contributed by atoms with Gasteiger partial charge in [-0.2, -0.15) is 0 Å². The van der Waals surface area contributed by atoms with Crippen LogP contribution in [0.25, 0.3) is 94.6 Å². The average Bonchev–Trinajstić information content (AvgIpc) is 3.66. The van der Waals surface area contributed by atoms with Gasteiger partial charge in [0.2, 0.25) is 0 Å². The topological polar surface area (TPSA) is 30.7 Å². The van der Waals surface area contributed by atoms with Crippen LogP contribution in [0.15, 0.2) is 164 Å². The molecule has 0 saturated heterocycles. The van der Waals surface area contributed by atoms with Gasteiger partial charge in [-0.25, -0.2) is 9.97 Å². The lowest BCUT2D eigenvalue weighted by Crippen LogP contribution is -2.14. The molecule has 0 fully saturated rings. The summed E-state index contributed by atoms with van der Waals surface area (Å²) in [4.78, 5) is 10.5. The van der Waals surface area contributed by atoms with Gasteiger partial charge in [0.1, 0.15) is 0 Å². The zero-order valence-corrected chi connectivity index (χ0v) is 28.9. The summed E-state index contributed by atoms with van der Waals surface area (Å²) in [7, 11) is 0. The maximum Gasteiger partial charge on any atom is 0.159 e. The molecule has 0 spiro atoms. The van der Waals surface area contributed by atoms with E-state index >= 15 is 0 Å². The second-order valence-corrected chi connectivity index (χ2v) is 14.5. The van der Waals surface area contributed by atoms with Crippen molar-refractivity contribution in [3.05, 3.63) is 175 Å². The molecule has 0 saturated carbocycles. The summed E-state index contributed by atoms with van der Waals surface area (Å²) in [6.07, 6.45) is 2.02. The molecule has 3 nitrogen and oxygen atoms in total. The van der Waals surface area contributed by atoms with Crippen LogP contribution in [-0.4, -0.2) is 14.5 Å². The second kappa shape index (κ2) is 10.7. The molecule has 7 aromatic carbocycles. The standard InChI is InChI=1S/C49H33N3/c1-49(2)41-24-11-9-22-38(41)45-42(49)26-27-44-46(45)39-23-10-12-25-43(39)52(44)31-15-13-14-30(28-31)48-50-29-40-36-20-6-5-18-34(36)32-16-3-4-17-33(32)35-19-7-8-21-37(35)47(40)51-48/h3-29H,1-2H3. The fraction of sp³-hybridized carbons (Fsp3) is 0.0612. The van der Waals surface area contributed by atoms with Crippen LogP contribution in [0.5, 0.6) is 0 Å². The lowest BCUT2D eigenvalue weighted by molar-refractivity contribution is 0.661. The van der Waals surface area contributed by atoms with Crippen molar-refractivity contribution >= 4 is 21.8 Å². The summed E-state index contributed by atoms with van der Waals surface area (Å²) in [6.45, 7) is 4.70. The van der Waals surface area contributed by atoms with Gasteiger partial charge in [-0.3, -0.25) is 0 Å². The van der Waals surface area contributed by atoms with Crippen LogP contribution in [0.4, 0.5) is 0 Å². The molecule has 0 atom stereocenters. The molecule has 0 N–H and O–H groups in total. The highest BCUT2D eigenvalue weighted by Crippen LogP contribution is 2.53. The minimum absolute atomic E-state index is 0.0634. The van der Waals surface area contributed by atoms with E-state index in [0.29, 0.717) is 5.82 Å². The van der Waals surface area contributed by atoms with Gasteiger partial charge in [-0.1, -0.05) is 147 Å². The number of aromatic nitrogens is 3. The molecule has 2 aromatic heterocycles. The number of nitrogens with zero attached hydrogens (tertiary/aromatic N) is 3. The second-order valence-electron chi connectivity index (χ2n) is 14.5. The van der Waals surface area contributed by atoms with Crippen LogP contribution in [0.1, 0.15) is 25.0 Å². The Balaban J connectivity index is 1.13. The molecular formula is C49H33N3. The largest absolute Gasteiger partial charge is 0.309 e. The Morgan fingerprint density at radius 2 is 1.08 bits per heavy atom. The lowest BCUT2D eigenvalue weighted by Gasteiger charge is -2.22. The number of para-hydroxylation sites is 1. The predicted octanol–water partition coefficient (Wildman–Crippen LogP) is 12.5. The van der Waals surface area contributed by atoms with E-state index in [1.54, 1.807) is 0 Å². The van der Waals surface area contributed by atoms with Crippen LogP contribution in [0.3, 0.4) is 0 Å². The molecule has 2 aliphatic rings. The van der Waals surface area contributed by atoms with E-state index in [9.17, 15) is 0 Å². The smallest absolute Gasteiger partial charge is 0.159 e. The normalized spacial score (nSPS) is 13.3. The monoisotopic (exact) mass is 663 g/mol. The van der Waals surface area contributed by atoms with Crippen LogP contribution >= 0.6 is 0 Å². The Bertz CT molecular complexity index is 2940. The Labute approximate surface area is 302 Å². The Morgan fingerprint density at radius 3 is 1.81 bits per heavy atom. The number of hydrogen-bond acceptors (Lipinski definition) is 2. The van der Waals surface area contributed by atoms with Gasteiger partial charge in [0.25, 0.3) is 0 Å². The van der Waals surface area contributed by atoms with Gasteiger partial charge >= 0.3 is 0 Å². The zero-order valence-electron chi connectivity index (χ0n) is 28.9. The van der Waals surface area contributed by atoms with Crippen molar-refractivity contribution in [1.82, 2.24) is 14.5 Å². The first-order valence-electron chi connectivity index (χ1n) is 18.0. The van der Waals surface area contributed by atoms with Gasteiger partial charge in [0, 0.05) is 44.8 Å². The first kappa shape index (κ1) is 29.2. The van der Waals surface area contributed by atoms with Crippen LogP contribution in [0.2, 0.25) is 0 Å². The first-order valence-corrected chi connectivity index (χ1v) is 18.0. The average molecular weight is 664 g/mol. The number of benzene rings is 7. The van der Waals surface area contributed by atoms with Crippen molar-refractivity contribution in [2.75, 3.05) is 0 Å². The van der Waals surface area contributed by atoms with E-state index in [-0.39, 0.29) is 5.41 Å². The molecule has 0 unspecified atom stereocenters. The van der Waals surface area contributed by atoms with Crippen molar-refractivity contribution in [2.24, 2.45) is 0 Å². The molecule has 9 aromatic rings. The molecule has 0 radical (unpaired) electrons. The van der Waals surface area contributed by atoms with E-state index in [0.717, 1.165) is 33.6 Å². The Hall–Kier alpha value is -6.58. The van der Waals surface area contributed by atoms with Gasteiger partial charge in [-0.05, 0) is 74.3 Å². The van der Waals surface area contributed by atoms with Gasteiger partial charge in [-0.15, -0.1) is 0 Å². The molecule has 0 amide bonds. The third-order valence-corrected chi connectivity index (χ3v) is 11.4. The molecule has 3 heteroatoms. The first-order chi connectivity index (χ1) is 25.6. The summed E-state index contributed by atoms with van der Waals surface area (Å²) < 4.78 is 2.42. The molecule has 2 aliphatic carbocycles. The fourth-order valence-corrected chi connectivity index (χ4v) is 9.07. The summed E-state index contributed by atoms with van der Waals surface area (Å²) >= 11 is 0. The summed E-state index contributed by atoms with van der Waals surface area (Å²) in [5.41, 5.74) is 18.9. The van der Waals surface area contributed by atoms with Crippen LogP contribution in [-0.2, 0) is 5.41 Å². The lowest BCUT2D eigenvalue weighted by atomic mass is 9.82. The van der Waals surface area contributed by atoms with Crippen molar-refractivity contribution in [1.29, 1.82) is 0 Å². The summed E-state index contributed by atoms with van der Waals surface area (Å²) in [5, 5.41) is 2.57. The molecule has 2 heterocycles. The maximum absolute atomic E-state index is 5.41. The maximum atomic E-state index is 5.41. The number of fused-ring (bicyclic) bond motifs is 15. The third kappa shape index (κ3) is 3.96. The van der Waals surface area contributed by atoms with Crippen molar-refractivity contribution in [3.8, 4) is 72.8 Å². The fourth-order valence-electron chi connectivity index (χ4n) is 9.07. The van der Waals surface area contributed by atoms with Gasteiger partial charge < -0.3 is 4.57 Å². The van der Waals surface area contributed by atoms with Crippen molar-refractivity contribution < 1.29 is 0 Å². The van der Waals surface area contributed by atoms with E-state index in [1.165, 1.54) is 66.3 Å². The minimum Gasteiger partial charge on any atom is -0.309 e. The van der Waals surface area contributed by atoms with Crippen LogP contribution < -0.4 is 0 Å². The highest BCUT2D eigenvalue weighted by Gasteiger charge is 2.37. The molecule has 0 bridgehead atoms. The van der Waals surface area contributed by atoms with E-state index < -0.39 is 0 Å². The van der Waals surface area contributed by atoms with E-state index in [1.807, 2.05) is 6.20 Å². The highest BCUT2D eigenvalue weighted by atomic mass is 15.0. The minimum atomic E-state index is -0.0634. The Kier molecular flexibility index (Phi) is 6.01. The zero-order chi connectivity index (χ0) is 34.6. The van der Waals surface area contributed by atoms with Gasteiger partial charge in [0.05, 0.1) is 16.7 Å². The SMILES string of the molecule is CC1(C)c2ccccc2-c2c1ccc1c2c2ccccc2n1-c1cccc(-c2ncc3c(n2)-c2ccccc2-c2ccccc2-c2ccccc2-3)c1. The summed E-state index contributed by atoms with van der Waals surface area (Å²) in [5.74, 6) is 0.707. The number of rotatable bonds is 2. The van der Waals surface area contributed by atoms with Crippen molar-refractivity contribution in [2.45, 2.75) is 19.3 Å². The quantitative estimate of drug-likeness (QED) is 0.184. The van der Waals surface area contributed by atoms with E-state index in [4.69, 9.17) is 9.97 Å². The molecule has 52 heavy (non-hydrogen) atoms. The van der Waals surface area contributed by atoms with Gasteiger partial charge in [0.15, 0.2) is 5.82 Å². The molecule has 11 rings (SSSR count).